The van der Waals surface area contributed by atoms with Crippen molar-refractivity contribution >= 4 is 11.7 Å². The highest BCUT2D eigenvalue weighted by Crippen LogP contribution is 2.13. The average molecular weight is 204 g/mol. The van der Waals surface area contributed by atoms with Crippen molar-refractivity contribution in [3.8, 4) is 11.8 Å². The molecule has 0 heterocycles. The molecule has 4 heteroatoms. The van der Waals surface area contributed by atoms with E-state index in [0.29, 0.717) is 16.8 Å². The largest absolute Gasteiger partial charge is 0.465 e. The molecule has 4 N–H and O–H groups in total. The van der Waals surface area contributed by atoms with Crippen LogP contribution in [-0.4, -0.2) is 19.6 Å². The van der Waals surface area contributed by atoms with Gasteiger partial charge in [0.1, 0.15) is 0 Å². The molecule has 0 saturated heterocycles. The first-order valence-electron chi connectivity index (χ1n) is 4.36. The highest BCUT2D eigenvalue weighted by atomic mass is 16.5. The number of methoxy groups -OCH3 is 1. The van der Waals surface area contributed by atoms with Gasteiger partial charge in [0.05, 0.1) is 19.2 Å². The molecule has 15 heavy (non-hydrogen) atoms. The first-order chi connectivity index (χ1) is 7.19. The van der Waals surface area contributed by atoms with E-state index < -0.39 is 5.97 Å². The molecule has 0 fully saturated rings. The Hall–Kier alpha value is -1.99. The maximum absolute atomic E-state index is 11.4. The molecule has 0 aromatic heterocycles. The van der Waals surface area contributed by atoms with Crippen molar-refractivity contribution in [1.29, 1.82) is 0 Å². The van der Waals surface area contributed by atoms with Crippen LogP contribution in [0, 0.1) is 11.8 Å². The summed E-state index contributed by atoms with van der Waals surface area (Å²) >= 11 is 0. The van der Waals surface area contributed by atoms with Crippen molar-refractivity contribution in [1.82, 2.24) is 0 Å². The molecule has 0 atom stereocenters. The Morgan fingerprint density at radius 3 is 2.87 bits per heavy atom. The maximum Gasteiger partial charge on any atom is 0.339 e. The van der Waals surface area contributed by atoms with Gasteiger partial charge in [0, 0.05) is 11.3 Å². The molecular weight excluding hydrogens is 192 g/mol. The van der Waals surface area contributed by atoms with E-state index >= 15 is 0 Å². The minimum atomic E-state index is -0.455. The number of hydrogen-bond donors (Lipinski definition) is 2. The zero-order valence-corrected chi connectivity index (χ0v) is 8.41. The molecular formula is C11H12N2O2. The van der Waals surface area contributed by atoms with E-state index in [1.165, 1.54) is 13.2 Å². The fourth-order valence-electron chi connectivity index (χ4n) is 1.10. The molecule has 0 spiro atoms. The third-order valence-electron chi connectivity index (χ3n) is 1.77. The van der Waals surface area contributed by atoms with Gasteiger partial charge in [-0.3, -0.25) is 0 Å². The van der Waals surface area contributed by atoms with Gasteiger partial charge in [-0.05, 0) is 18.2 Å². The Morgan fingerprint density at radius 1 is 1.53 bits per heavy atom. The summed E-state index contributed by atoms with van der Waals surface area (Å²) < 4.78 is 4.62. The van der Waals surface area contributed by atoms with E-state index in [2.05, 4.69) is 16.6 Å². The van der Waals surface area contributed by atoms with Gasteiger partial charge in [-0.25, -0.2) is 4.79 Å². The van der Waals surface area contributed by atoms with Gasteiger partial charge in [0.2, 0.25) is 0 Å². The van der Waals surface area contributed by atoms with Crippen molar-refractivity contribution in [3.63, 3.8) is 0 Å². The van der Waals surface area contributed by atoms with Crippen molar-refractivity contribution in [2.75, 3.05) is 19.4 Å². The van der Waals surface area contributed by atoms with Crippen molar-refractivity contribution in [2.45, 2.75) is 0 Å². The lowest BCUT2D eigenvalue weighted by Gasteiger charge is -2.03. The number of carbonyl (C=O) groups excluding carboxylic acids is 1. The summed E-state index contributed by atoms with van der Waals surface area (Å²) in [6, 6.07) is 4.88. The van der Waals surface area contributed by atoms with E-state index in [1.54, 1.807) is 12.1 Å². The summed E-state index contributed by atoms with van der Waals surface area (Å²) in [5.41, 5.74) is 12.2. The number of hydrogen-bond acceptors (Lipinski definition) is 4. The predicted octanol–water partition coefficient (Wildman–Crippen LogP) is 0.366. The molecule has 0 bridgehead atoms. The number of benzene rings is 1. The number of anilines is 1. The molecule has 0 aliphatic rings. The highest BCUT2D eigenvalue weighted by Gasteiger charge is 2.10. The van der Waals surface area contributed by atoms with Gasteiger partial charge in [0.25, 0.3) is 0 Å². The lowest BCUT2D eigenvalue weighted by atomic mass is 10.1. The van der Waals surface area contributed by atoms with Gasteiger partial charge in [-0.1, -0.05) is 11.8 Å². The van der Waals surface area contributed by atoms with E-state index in [1.807, 2.05) is 0 Å². The number of rotatable bonds is 1. The maximum atomic E-state index is 11.4. The van der Waals surface area contributed by atoms with E-state index in [0.717, 1.165) is 0 Å². The topological polar surface area (TPSA) is 78.3 Å². The van der Waals surface area contributed by atoms with Crippen LogP contribution in [0.3, 0.4) is 0 Å². The van der Waals surface area contributed by atoms with Gasteiger partial charge in [-0.2, -0.15) is 0 Å². The minimum absolute atomic E-state index is 0.241. The van der Waals surface area contributed by atoms with Crippen LogP contribution in [-0.2, 0) is 4.74 Å². The molecule has 0 unspecified atom stereocenters. The van der Waals surface area contributed by atoms with Gasteiger partial charge >= 0.3 is 5.97 Å². The van der Waals surface area contributed by atoms with Crippen LogP contribution in [0.25, 0.3) is 0 Å². The smallest absolute Gasteiger partial charge is 0.339 e. The first-order valence-corrected chi connectivity index (χ1v) is 4.36. The summed E-state index contributed by atoms with van der Waals surface area (Å²) in [6.45, 7) is 0.241. The third kappa shape index (κ3) is 2.73. The Kier molecular flexibility index (Phi) is 3.72. The summed E-state index contributed by atoms with van der Waals surface area (Å²) in [5, 5.41) is 0. The molecule has 0 amide bonds. The first kappa shape index (κ1) is 11.1. The van der Waals surface area contributed by atoms with Crippen molar-refractivity contribution in [3.05, 3.63) is 29.3 Å². The van der Waals surface area contributed by atoms with E-state index in [-0.39, 0.29) is 6.54 Å². The summed E-state index contributed by atoms with van der Waals surface area (Å²) in [4.78, 5) is 11.4. The number of nitrogen functional groups attached to an aromatic ring is 1. The predicted molar refractivity (Wildman–Crippen MR) is 58.1 cm³/mol. The molecule has 78 valence electrons. The summed E-state index contributed by atoms with van der Waals surface area (Å²) in [6.07, 6.45) is 0. The Morgan fingerprint density at radius 2 is 2.27 bits per heavy atom. The third-order valence-corrected chi connectivity index (χ3v) is 1.77. The standard InChI is InChI=1S/C11H12N2O2/c1-15-11(14)10-7-9(13)5-4-8(10)3-2-6-12/h4-5,7H,6,12-13H2,1H3. The number of carbonyl (C=O) groups is 1. The fourth-order valence-corrected chi connectivity index (χ4v) is 1.10. The Labute approximate surface area is 88.2 Å². The lowest BCUT2D eigenvalue weighted by Crippen LogP contribution is -2.05. The Bertz CT molecular complexity index is 430. The molecule has 0 saturated carbocycles. The second-order valence-electron chi connectivity index (χ2n) is 2.80. The van der Waals surface area contributed by atoms with Crippen LogP contribution in [0.2, 0.25) is 0 Å². The zero-order valence-electron chi connectivity index (χ0n) is 8.41. The monoisotopic (exact) mass is 204 g/mol. The fraction of sp³-hybridized carbons (Fsp3) is 0.182. The number of esters is 1. The van der Waals surface area contributed by atoms with Gasteiger partial charge in [-0.15, -0.1) is 0 Å². The van der Waals surface area contributed by atoms with Crippen LogP contribution in [0.1, 0.15) is 15.9 Å². The highest BCUT2D eigenvalue weighted by molar-refractivity contribution is 5.93. The molecule has 0 radical (unpaired) electrons. The van der Waals surface area contributed by atoms with Crippen molar-refractivity contribution < 1.29 is 9.53 Å². The molecule has 1 rings (SSSR count). The van der Waals surface area contributed by atoms with Crippen LogP contribution >= 0.6 is 0 Å². The summed E-state index contributed by atoms with van der Waals surface area (Å²) in [7, 11) is 1.31. The van der Waals surface area contributed by atoms with Crippen LogP contribution < -0.4 is 11.5 Å². The molecule has 4 nitrogen and oxygen atoms in total. The van der Waals surface area contributed by atoms with Crippen molar-refractivity contribution in [2.24, 2.45) is 5.73 Å². The average Bonchev–Trinajstić information content (AvgIpc) is 2.26. The van der Waals surface area contributed by atoms with Gasteiger partial charge < -0.3 is 16.2 Å². The number of nitrogens with two attached hydrogens (primary N) is 2. The van der Waals surface area contributed by atoms with Crippen LogP contribution in [0.5, 0.6) is 0 Å². The molecule has 1 aromatic rings. The molecule has 0 aliphatic carbocycles. The second-order valence-corrected chi connectivity index (χ2v) is 2.80. The molecule has 1 aromatic carbocycles. The summed E-state index contributed by atoms with van der Waals surface area (Å²) in [5.74, 6) is 5.00. The molecule has 0 aliphatic heterocycles. The minimum Gasteiger partial charge on any atom is -0.465 e. The van der Waals surface area contributed by atoms with Crippen LogP contribution in [0.15, 0.2) is 18.2 Å². The normalized spacial score (nSPS) is 8.93. The van der Waals surface area contributed by atoms with Crippen LogP contribution in [0.4, 0.5) is 5.69 Å². The van der Waals surface area contributed by atoms with E-state index in [9.17, 15) is 4.79 Å². The second kappa shape index (κ2) is 5.03. The Balaban J connectivity index is 3.20. The van der Waals surface area contributed by atoms with E-state index in [4.69, 9.17) is 11.5 Å². The lowest BCUT2D eigenvalue weighted by molar-refractivity contribution is 0.0600. The zero-order chi connectivity index (χ0) is 11.3. The van der Waals surface area contributed by atoms with Gasteiger partial charge in [0.15, 0.2) is 0 Å². The quantitative estimate of drug-likeness (QED) is 0.393. The number of ether oxygens (including phenoxy) is 1. The SMILES string of the molecule is COC(=O)c1cc(N)ccc1C#CCN.